The second-order valence-electron chi connectivity index (χ2n) is 4.80. The molecule has 0 aromatic heterocycles. The Morgan fingerprint density at radius 2 is 2.30 bits per heavy atom. The van der Waals surface area contributed by atoms with Crippen molar-refractivity contribution in [2.45, 2.75) is 31.4 Å². The van der Waals surface area contributed by atoms with Gasteiger partial charge in [-0.25, -0.2) is 0 Å². The molecule has 1 fully saturated rings. The van der Waals surface area contributed by atoms with E-state index in [1.165, 1.54) is 0 Å². The smallest absolute Gasteiger partial charge is 0.249 e. The highest BCUT2D eigenvalue weighted by Crippen LogP contribution is 2.15. The zero-order valence-electron chi connectivity index (χ0n) is 11.0. The first kappa shape index (κ1) is 15.0. The Morgan fingerprint density at radius 3 is 2.90 bits per heavy atom. The van der Waals surface area contributed by atoms with E-state index in [1.807, 2.05) is 24.3 Å². The van der Waals surface area contributed by atoms with Crippen molar-refractivity contribution in [2.24, 2.45) is 5.73 Å². The molecule has 0 unspecified atom stereocenters. The summed E-state index contributed by atoms with van der Waals surface area (Å²) in [5.41, 5.74) is 6.29. The van der Waals surface area contributed by atoms with E-state index < -0.39 is 18.1 Å². The summed E-state index contributed by atoms with van der Waals surface area (Å²) in [4.78, 5) is 23.5. The summed E-state index contributed by atoms with van der Waals surface area (Å²) >= 11 is 3.37. The van der Waals surface area contributed by atoms with Gasteiger partial charge in [0.1, 0.15) is 12.1 Å². The zero-order valence-corrected chi connectivity index (χ0v) is 12.6. The molecule has 5 nitrogen and oxygen atoms in total. The normalized spacial score (nSPS) is 19.6. The van der Waals surface area contributed by atoms with Crippen molar-refractivity contribution in [1.82, 2.24) is 5.32 Å². The Bertz CT molecular complexity index is 501. The molecule has 20 heavy (non-hydrogen) atoms. The lowest BCUT2D eigenvalue weighted by Gasteiger charge is -2.18. The van der Waals surface area contributed by atoms with E-state index in [1.54, 1.807) is 0 Å². The minimum atomic E-state index is -0.721. The van der Waals surface area contributed by atoms with Gasteiger partial charge in [0.25, 0.3) is 0 Å². The van der Waals surface area contributed by atoms with Crippen molar-refractivity contribution >= 4 is 27.7 Å². The van der Waals surface area contributed by atoms with Gasteiger partial charge >= 0.3 is 0 Å². The van der Waals surface area contributed by atoms with Crippen LogP contribution in [-0.2, 0) is 20.7 Å². The number of amides is 2. The highest BCUT2D eigenvalue weighted by Gasteiger charge is 2.27. The number of halogens is 1. The molecule has 1 aliphatic heterocycles. The van der Waals surface area contributed by atoms with E-state index in [9.17, 15) is 9.59 Å². The number of hydrogen-bond donors (Lipinski definition) is 2. The van der Waals surface area contributed by atoms with Crippen molar-refractivity contribution in [3.8, 4) is 0 Å². The van der Waals surface area contributed by atoms with E-state index in [2.05, 4.69) is 21.2 Å². The summed E-state index contributed by atoms with van der Waals surface area (Å²) in [6.45, 7) is 0.588. The van der Waals surface area contributed by atoms with Gasteiger partial charge in [0.15, 0.2) is 0 Å². The average Bonchev–Trinajstić information content (AvgIpc) is 2.91. The standard InChI is InChI=1S/C14H17BrN2O3/c15-10-4-1-3-9(7-10)8-11(13(16)18)17-14(19)12-5-2-6-20-12/h1,3-4,7,11-12H,2,5-6,8H2,(H2,16,18)(H,17,19)/t11-,12-/m0/s1. The highest BCUT2D eigenvalue weighted by molar-refractivity contribution is 9.10. The molecular weight excluding hydrogens is 324 g/mol. The number of rotatable bonds is 5. The third kappa shape index (κ3) is 4.05. The Balaban J connectivity index is 2.00. The number of hydrogen-bond acceptors (Lipinski definition) is 3. The first-order chi connectivity index (χ1) is 9.56. The van der Waals surface area contributed by atoms with Gasteiger partial charge < -0.3 is 15.8 Å². The Hall–Kier alpha value is -1.40. The molecule has 1 aromatic carbocycles. The van der Waals surface area contributed by atoms with Crippen molar-refractivity contribution in [1.29, 1.82) is 0 Å². The number of carbonyl (C=O) groups excluding carboxylic acids is 2. The summed E-state index contributed by atoms with van der Waals surface area (Å²) in [5.74, 6) is -0.808. The number of carbonyl (C=O) groups is 2. The van der Waals surface area contributed by atoms with E-state index in [0.717, 1.165) is 16.5 Å². The zero-order chi connectivity index (χ0) is 14.5. The van der Waals surface area contributed by atoms with Crippen molar-refractivity contribution < 1.29 is 14.3 Å². The maximum atomic E-state index is 12.0. The molecule has 1 heterocycles. The quantitative estimate of drug-likeness (QED) is 0.843. The Morgan fingerprint density at radius 1 is 1.50 bits per heavy atom. The van der Waals surface area contributed by atoms with Gasteiger partial charge in [-0.2, -0.15) is 0 Å². The van der Waals surface area contributed by atoms with E-state index >= 15 is 0 Å². The lowest BCUT2D eigenvalue weighted by Crippen LogP contribution is -2.49. The van der Waals surface area contributed by atoms with Crippen LogP contribution in [0.15, 0.2) is 28.7 Å². The number of nitrogens with one attached hydrogen (secondary N) is 1. The summed E-state index contributed by atoms with van der Waals surface area (Å²) < 4.78 is 6.21. The van der Waals surface area contributed by atoms with Crippen LogP contribution in [0.3, 0.4) is 0 Å². The number of benzene rings is 1. The van der Waals surface area contributed by atoms with Gasteiger partial charge in [-0.15, -0.1) is 0 Å². The predicted molar refractivity (Wildman–Crippen MR) is 77.9 cm³/mol. The molecule has 2 amide bonds. The van der Waals surface area contributed by atoms with Gasteiger partial charge in [0, 0.05) is 17.5 Å². The van der Waals surface area contributed by atoms with Gasteiger partial charge in [-0.1, -0.05) is 28.1 Å². The minimum absolute atomic E-state index is 0.263. The monoisotopic (exact) mass is 340 g/mol. The van der Waals surface area contributed by atoms with Crippen LogP contribution >= 0.6 is 15.9 Å². The fourth-order valence-electron chi connectivity index (χ4n) is 2.17. The third-order valence-electron chi connectivity index (χ3n) is 3.21. The van der Waals surface area contributed by atoms with Crippen LogP contribution in [0.4, 0.5) is 0 Å². The molecule has 2 atom stereocenters. The molecule has 108 valence electrons. The van der Waals surface area contributed by atoms with E-state index in [0.29, 0.717) is 19.4 Å². The lowest BCUT2D eigenvalue weighted by molar-refractivity contribution is -0.133. The van der Waals surface area contributed by atoms with Crippen molar-refractivity contribution in [2.75, 3.05) is 6.61 Å². The SMILES string of the molecule is NC(=O)[C@H](Cc1cccc(Br)c1)NC(=O)[C@@H]1CCCO1. The highest BCUT2D eigenvalue weighted by atomic mass is 79.9. The first-order valence-electron chi connectivity index (χ1n) is 6.52. The second kappa shape index (κ2) is 6.85. The molecule has 2 rings (SSSR count). The molecule has 1 saturated heterocycles. The molecule has 1 aliphatic rings. The van der Waals surface area contributed by atoms with Gasteiger partial charge in [0.05, 0.1) is 0 Å². The molecule has 3 N–H and O–H groups in total. The number of primary amides is 1. The topological polar surface area (TPSA) is 81.4 Å². The van der Waals surface area contributed by atoms with Gasteiger partial charge in [-0.3, -0.25) is 9.59 Å². The molecule has 6 heteroatoms. The van der Waals surface area contributed by atoms with Crippen LogP contribution in [0.25, 0.3) is 0 Å². The molecule has 1 aromatic rings. The Kier molecular flexibility index (Phi) is 5.14. The third-order valence-corrected chi connectivity index (χ3v) is 3.70. The van der Waals surface area contributed by atoms with Crippen LogP contribution in [0.1, 0.15) is 18.4 Å². The minimum Gasteiger partial charge on any atom is -0.368 e. The lowest BCUT2D eigenvalue weighted by atomic mass is 10.0. The summed E-state index contributed by atoms with van der Waals surface area (Å²) in [6, 6.07) is 6.83. The molecular formula is C14H17BrN2O3. The number of ether oxygens (including phenoxy) is 1. The van der Waals surface area contributed by atoms with Crippen LogP contribution < -0.4 is 11.1 Å². The van der Waals surface area contributed by atoms with Crippen LogP contribution in [0, 0.1) is 0 Å². The fourth-order valence-corrected chi connectivity index (χ4v) is 2.62. The van der Waals surface area contributed by atoms with Gasteiger partial charge in [-0.05, 0) is 30.5 Å². The van der Waals surface area contributed by atoms with E-state index in [-0.39, 0.29) is 5.91 Å². The maximum absolute atomic E-state index is 12.0. The first-order valence-corrected chi connectivity index (χ1v) is 7.31. The average molecular weight is 341 g/mol. The number of nitrogens with two attached hydrogens (primary N) is 1. The van der Waals surface area contributed by atoms with Crippen molar-refractivity contribution in [3.63, 3.8) is 0 Å². The second-order valence-corrected chi connectivity index (χ2v) is 5.71. The molecule has 0 saturated carbocycles. The maximum Gasteiger partial charge on any atom is 0.249 e. The Labute approximate surface area is 126 Å². The summed E-state index contributed by atoms with van der Waals surface area (Å²) in [5, 5.41) is 2.67. The predicted octanol–water partition coefficient (Wildman–Crippen LogP) is 1.14. The molecule has 0 spiro atoms. The fraction of sp³-hybridized carbons (Fsp3) is 0.429. The molecule has 0 bridgehead atoms. The van der Waals surface area contributed by atoms with E-state index in [4.69, 9.17) is 10.5 Å². The molecule has 0 radical (unpaired) electrons. The summed E-state index contributed by atoms with van der Waals surface area (Å²) in [6.07, 6.45) is 1.46. The molecule has 0 aliphatic carbocycles. The van der Waals surface area contributed by atoms with Crippen LogP contribution in [-0.4, -0.2) is 30.6 Å². The largest absolute Gasteiger partial charge is 0.368 e. The van der Waals surface area contributed by atoms with Crippen LogP contribution in [0.5, 0.6) is 0 Å². The van der Waals surface area contributed by atoms with Gasteiger partial charge in [0.2, 0.25) is 11.8 Å². The van der Waals surface area contributed by atoms with Crippen molar-refractivity contribution in [3.05, 3.63) is 34.3 Å². The van der Waals surface area contributed by atoms with Crippen LogP contribution in [0.2, 0.25) is 0 Å². The summed E-state index contributed by atoms with van der Waals surface area (Å²) in [7, 11) is 0.